The molecule has 0 bridgehead atoms. The highest BCUT2D eigenvalue weighted by Crippen LogP contribution is 2.37. The number of aromatic carboxylic acids is 1. The normalized spacial score (nSPS) is 15.7. The van der Waals surface area contributed by atoms with Gasteiger partial charge in [0.2, 0.25) is 5.91 Å². The van der Waals surface area contributed by atoms with Crippen molar-refractivity contribution in [1.29, 1.82) is 0 Å². The van der Waals surface area contributed by atoms with E-state index >= 15 is 0 Å². The van der Waals surface area contributed by atoms with Crippen molar-refractivity contribution >= 4 is 28.3 Å². The molecule has 108 valence electrons. The van der Waals surface area contributed by atoms with Crippen LogP contribution in [-0.4, -0.2) is 17.0 Å². The first kappa shape index (κ1) is 13.6. The van der Waals surface area contributed by atoms with Crippen molar-refractivity contribution in [2.45, 2.75) is 19.8 Å². The molecule has 4 nitrogen and oxygen atoms in total. The summed E-state index contributed by atoms with van der Waals surface area (Å²) in [6.45, 7) is 1.90. The molecule has 4 heteroatoms. The molecule has 3 rings (SSSR count). The molecule has 2 aromatic carbocycles. The minimum Gasteiger partial charge on any atom is -0.478 e. The summed E-state index contributed by atoms with van der Waals surface area (Å²) in [6, 6.07) is 10.9. The Kier molecular flexibility index (Phi) is 3.37. The van der Waals surface area contributed by atoms with E-state index in [1.165, 1.54) is 0 Å². The number of rotatable bonds is 4. The number of hydrogen-bond acceptors (Lipinski definition) is 2. The number of fused-ring (bicyclic) bond motifs is 1. The van der Waals surface area contributed by atoms with Crippen molar-refractivity contribution in [2.75, 3.05) is 5.32 Å². The molecule has 2 aromatic rings. The van der Waals surface area contributed by atoms with Gasteiger partial charge in [0.05, 0.1) is 11.3 Å². The molecule has 0 saturated heterocycles. The maximum Gasteiger partial charge on any atom is 0.337 e. The molecule has 1 amide bonds. The molecule has 0 heterocycles. The Balaban J connectivity index is 1.97. The van der Waals surface area contributed by atoms with Crippen molar-refractivity contribution < 1.29 is 14.7 Å². The fourth-order valence-corrected chi connectivity index (χ4v) is 2.58. The van der Waals surface area contributed by atoms with E-state index in [0.29, 0.717) is 11.6 Å². The van der Waals surface area contributed by atoms with Crippen LogP contribution in [0.4, 0.5) is 5.69 Å². The van der Waals surface area contributed by atoms with Gasteiger partial charge in [-0.1, -0.05) is 31.2 Å². The second kappa shape index (κ2) is 5.20. The lowest BCUT2D eigenvalue weighted by atomic mass is 10.0. The predicted octanol–water partition coefficient (Wildman–Crippen LogP) is 3.52. The Labute approximate surface area is 122 Å². The van der Waals surface area contributed by atoms with Gasteiger partial charge < -0.3 is 10.4 Å². The second-order valence-electron chi connectivity index (χ2n) is 5.67. The Morgan fingerprint density at radius 2 is 1.81 bits per heavy atom. The predicted molar refractivity (Wildman–Crippen MR) is 81.4 cm³/mol. The summed E-state index contributed by atoms with van der Waals surface area (Å²) in [6.07, 6.45) is 2.16. The van der Waals surface area contributed by atoms with Crippen LogP contribution in [0.15, 0.2) is 36.4 Å². The number of amides is 1. The summed E-state index contributed by atoms with van der Waals surface area (Å²) in [7, 11) is 0. The Morgan fingerprint density at radius 3 is 2.38 bits per heavy atom. The molecular formula is C17H17NO3. The van der Waals surface area contributed by atoms with Gasteiger partial charge in [-0.25, -0.2) is 4.79 Å². The topological polar surface area (TPSA) is 66.4 Å². The quantitative estimate of drug-likeness (QED) is 0.902. The third-order valence-corrected chi connectivity index (χ3v) is 4.12. The maximum atomic E-state index is 12.2. The van der Waals surface area contributed by atoms with Crippen LogP contribution >= 0.6 is 0 Å². The molecule has 1 unspecified atom stereocenters. The first-order valence-corrected chi connectivity index (χ1v) is 7.13. The van der Waals surface area contributed by atoms with Crippen LogP contribution < -0.4 is 5.32 Å². The lowest BCUT2D eigenvalue weighted by molar-refractivity contribution is -0.119. The SMILES string of the molecule is CC(C(=O)Nc1cc2ccccc2cc1C(=O)O)C1CC1. The number of benzene rings is 2. The van der Waals surface area contributed by atoms with Crippen molar-refractivity contribution in [3.05, 3.63) is 42.0 Å². The standard InChI is InChI=1S/C17H17NO3/c1-10(11-6-7-11)16(19)18-15-9-13-5-3-2-4-12(13)8-14(15)17(20)21/h2-5,8-11H,6-7H2,1H3,(H,18,19)(H,20,21). The molecule has 0 radical (unpaired) electrons. The number of anilines is 1. The smallest absolute Gasteiger partial charge is 0.337 e. The Hall–Kier alpha value is -2.36. The highest BCUT2D eigenvalue weighted by atomic mass is 16.4. The van der Waals surface area contributed by atoms with Crippen LogP contribution in [0.2, 0.25) is 0 Å². The van der Waals surface area contributed by atoms with Crippen LogP contribution in [0.5, 0.6) is 0 Å². The van der Waals surface area contributed by atoms with Gasteiger partial charge in [-0.3, -0.25) is 4.79 Å². The van der Waals surface area contributed by atoms with Gasteiger partial charge in [-0.05, 0) is 41.7 Å². The zero-order valence-corrected chi connectivity index (χ0v) is 11.8. The largest absolute Gasteiger partial charge is 0.478 e. The van der Waals surface area contributed by atoms with Crippen molar-refractivity contribution in [1.82, 2.24) is 0 Å². The number of carbonyl (C=O) groups is 2. The van der Waals surface area contributed by atoms with Gasteiger partial charge in [0, 0.05) is 5.92 Å². The zero-order chi connectivity index (χ0) is 15.0. The van der Waals surface area contributed by atoms with Crippen LogP contribution in [0.1, 0.15) is 30.1 Å². The van der Waals surface area contributed by atoms with E-state index in [-0.39, 0.29) is 17.4 Å². The van der Waals surface area contributed by atoms with Gasteiger partial charge in [0.1, 0.15) is 0 Å². The minimum atomic E-state index is -1.03. The van der Waals surface area contributed by atoms with Gasteiger partial charge in [0.15, 0.2) is 0 Å². The number of nitrogens with one attached hydrogen (secondary N) is 1. The van der Waals surface area contributed by atoms with E-state index in [4.69, 9.17) is 0 Å². The van der Waals surface area contributed by atoms with Crippen LogP contribution in [0.25, 0.3) is 10.8 Å². The Morgan fingerprint density at radius 1 is 1.19 bits per heavy atom. The highest BCUT2D eigenvalue weighted by molar-refractivity contribution is 6.05. The van der Waals surface area contributed by atoms with E-state index in [0.717, 1.165) is 23.6 Å². The minimum absolute atomic E-state index is 0.0712. The molecule has 0 spiro atoms. The highest BCUT2D eigenvalue weighted by Gasteiger charge is 2.33. The summed E-state index contributed by atoms with van der Waals surface area (Å²) < 4.78 is 0. The molecule has 1 fully saturated rings. The lowest BCUT2D eigenvalue weighted by Gasteiger charge is -2.14. The molecule has 0 aliphatic heterocycles. The third kappa shape index (κ3) is 2.75. The lowest BCUT2D eigenvalue weighted by Crippen LogP contribution is -2.23. The number of carboxylic acids is 1. The summed E-state index contributed by atoms with van der Waals surface area (Å²) in [5.41, 5.74) is 0.503. The van der Waals surface area contributed by atoms with E-state index in [1.807, 2.05) is 31.2 Å². The number of hydrogen-bond donors (Lipinski definition) is 2. The zero-order valence-electron chi connectivity index (χ0n) is 11.8. The van der Waals surface area contributed by atoms with Gasteiger partial charge >= 0.3 is 5.97 Å². The van der Waals surface area contributed by atoms with Crippen LogP contribution in [-0.2, 0) is 4.79 Å². The molecule has 1 saturated carbocycles. The molecule has 1 atom stereocenters. The van der Waals surface area contributed by atoms with Crippen molar-refractivity contribution in [3.63, 3.8) is 0 Å². The third-order valence-electron chi connectivity index (χ3n) is 4.12. The second-order valence-corrected chi connectivity index (χ2v) is 5.67. The average Bonchev–Trinajstić information content (AvgIpc) is 3.30. The first-order chi connectivity index (χ1) is 10.1. The molecule has 0 aromatic heterocycles. The fourth-order valence-electron chi connectivity index (χ4n) is 2.58. The molecule has 1 aliphatic carbocycles. The average molecular weight is 283 g/mol. The first-order valence-electron chi connectivity index (χ1n) is 7.13. The number of carbonyl (C=O) groups excluding carboxylic acids is 1. The monoisotopic (exact) mass is 283 g/mol. The van der Waals surface area contributed by atoms with Gasteiger partial charge in [-0.2, -0.15) is 0 Å². The molecule has 2 N–H and O–H groups in total. The van der Waals surface area contributed by atoms with Crippen LogP contribution in [0.3, 0.4) is 0 Å². The summed E-state index contributed by atoms with van der Waals surface area (Å²) in [4.78, 5) is 23.6. The molecule has 1 aliphatic rings. The maximum absolute atomic E-state index is 12.2. The van der Waals surface area contributed by atoms with Gasteiger partial charge in [-0.15, -0.1) is 0 Å². The van der Waals surface area contributed by atoms with Crippen molar-refractivity contribution in [3.8, 4) is 0 Å². The van der Waals surface area contributed by atoms with E-state index in [9.17, 15) is 14.7 Å². The summed E-state index contributed by atoms with van der Waals surface area (Å²) >= 11 is 0. The summed E-state index contributed by atoms with van der Waals surface area (Å²) in [5, 5.41) is 13.9. The van der Waals surface area contributed by atoms with E-state index in [2.05, 4.69) is 5.32 Å². The van der Waals surface area contributed by atoms with Crippen LogP contribution in [0, 0.1) is 11.8 Å². The van der Waals surface area contributed by atoms with Gasteiger partial charge in [0.25, 0.3) is 0 Å². The summed E-state index contributed by atoms with van der Waals surface area (Å²) in [5.74, 6) is -0.762. The van der Waals surface area contributed by atoms with E-state index in [1.54, 1.807) is 12.1 Å². The molecular weight excluding hydrogens is 266 g/mol. The van der Waals surface area contributed by atoms with Crippen molar-refractivity contribution in [2.24, 2.45) is 11.8 Å². The Bertz CT molecular complexity index is 719. The molecule has 21 heavy (non-hydrogen) atoms. The fraction of sp³-hybridized carbons (Fsp3) is 0.294. The number of carboxylic acid groups (broad SMARTS) is 1. The van der Waals surface area contributed by atoms with E-state index < -0.39 is 5.97 Å².